The lowest BCUT2D eigenvalue weighted by Crippen LogP contribution is -2.37. The highest BCUT2D eigenvalue weighted by molar-refractivity contribution is 7.47. The zero-order chi connectivity index (χ0) is 54.2. The Morgan fingerprint density at radius 3 is 1.08 bits per heavy atom. The third kappa shape index (κ3) is 59.5. The van der Waals surface area contributed by atoms with Gasteiger partial charge in [0.25, 0.3) is 0 Å². The molecule has 0 saturated heterocycles. The number of hydrogen-bond donors (Lipinski definition) is 1. The number of carbonyl (C=O) groups is 2. The summed E-state index contributed by atoms with van der Waals surface area (Å²) < 4.78 is 34.6. The van der Waals surface area contributed by atoms with E-state index in [1.807, 2.05) is 21.1 Å². The van der Waals surface area contributed by atoms with E-state index in [9.17, 15) is 19.0 Å². The second kappa shape index (κ2) is 56.0. The number of esters is 2. The van der Waals surface area contributed by atoms with Crippen molar-refractivity contribution in [3.05, 3.63) is 36.5 Å². The van der Waals surface area contributed by atoms with Crippen LogP contribution in [0.3, 0.4) is 0 Å². The summed E-state index contributed by atoms with van der Waals surface area (Å²) in [7, 11) is 1.49. The summed E-state index contributed by atoms with van der Waals surface area (Å²) >= 11 is 0. The molecule has 0 aromatic carbocycles. The first kappa shape index (κ1) is 72.2. The molecule has 0 fully saturated rings. The molecule has 0 aliphatic heterocycles. The van der Waals surface area contributed by atoms with Crippen LogP contribution in [0.15, 0.2) is 36.5 Å². The van der Waals surface area contributed by atoms with Crippen LogP contribution >= 0.6 is 7.82 Å². The van der Waals surface area contributed by atoms with E-state index in [0.29, 0.717) is 17.4 Å². The molecule has 0 bridgehead atoms. The fourth-order valence-corrected chi connectivity index (χ4v) is 9.96. The first-order chi connectivity index (χ1) is 36.0. The van der Waals surface area contributed by atoms with E-state index in [-0.39, 0.29) is 32.0 Å². The van der Waals surface area contributed by atoms with Gasteiger partial charge in [0.15, 0.2) is 6.10 Å². The Hall–Kier alpha value is -1.77. The maximum Gasteiger partial charge on any atom is 0.472 e. The quantitative estimate of drug-likeness (QED) is 0.0211. The fraction of sp³-hybridized carbons (Fsp3) is 0.875. The maximum atomic E-state index is 12.8. The highest BCUT2D eigenvalue weighted by Crippen LogP contribution is 2.43. The normalized spacial score (nSPS) is 13.4. The number of likely N-dealkylation sites (N-methyl/N-ethyl adjacent to an activating group) is 1. The number of allylic oxidation sites excluding steroid dienone is 6. The van der Waals surface area contributed by atoms with E-state index < -0.39 is 26.5 Å². The number of nitrogens with zero attached hydrogens (tertiary/aromatic N) is 1. The number of phosphoric acid groups is 1. The molecule has 0 heterocycles. The topological polar surface area (TPSA) is 108 Å². The third-order valence-corrected chi connectivity index (χ3v) is 15.1. The number of phosphoric ester groups is 1. The largest absolute Gasteiger partial charge is 0.472 e. The minimum atomic E-state index is -4.38. The molecule has 0 rings (SSSR count). The lowest BCUT2D eigenvalue weighted by Gasteiger charge is -2.24. The van der Waals surface area contributed by atoms with E-state index in [2.05, 4.69) is 50.3 Å². The van der Waals surface area contributed by atoms with Crippen LogP contribution in [0.4, 0.5) is 0 Å². The number of hydrogen-bond acceptors (Lipinski definition) is 7. The van der Waals surface area contributed by atoms with E-state index in [0.717, 1.165) is 38.5 Å². The summed E-state index contributed by atoms with van der Waals surface area (Å²) in [5.74, 6) is -0.784. The van der Waals surface area contributed by atoms with Gasteiger partial charge < -0.3 is 18.9 Å². The van der Waals surface area contributed by atoms with Crippen LogP contribution < -0.4 is 0 Å². The second-order valence-corrected chi connectivity index (χ2v) is 24.2. The van der Waals surface area contributed by atoms with Gasteiger partial charge >= 0.3 is 19.8 Å². The monoisotopic (exact) mass is 1060 g/mol. The molecule has 0 aliphatic carbocycles. The van der Waals surface area contributed by atoms with Gasteiger partial charge in [0.2, 0.25) is 0 Å². The zero-order valence-electron chi connectivity index (χ0n) is 49.6. The minimum Gasteiger partial charge on any atom is -0.462 e. The number of unbranched alkanes of at least 4 members (excludes halogenated alkanes) is 39. The lowest BCUT2D eigenvalue weighted by molar-refractivity contribution is -0.870. The lowest BCUT2D eigenvalue weighted by atomic mass is 10.0. The number of ether oxygens (including phenoxy) is 2. The highest BCUT2D eigenvalue weighted by atomic mass is 31.2. The van der Waals surface area contributed by atoms with Gasteiger partial charge in [-0.3, -0.25) is 18.6 Å². The molecule has 74 heavy (non-hydrogen) atoms. The Morgan fingerprint density at radius 2 is 0.730 bits per heavy atom. The van der Waals surface area contributed by atoms with Gasteiger partial charge in [0.1, 0.15) is 19.8 Å². The first-order valence-corrected chi connectivity index (χ1v) is 33.2. The van der Waals surface area contributed by atoms with Crippen molar-refractivity contribution in [1.82, 2.24) is 0 Å². The predicted octanol–water partition coefficient (Wildman–Crippen LogP) is 19.9. The van der Waals surface area contributed by atoms with Crippen molar-refractivity contribution in [2.75, 3.05) is 47.5 Å². The zero-order valence-corrected chi connectivity index (χ0v) is 50.5. The van der Waals surface area contributed by atoms with Gasteiger partial charge in [-0.05, 0) is 70.6 Å². The van der Waals surface area contributed by atoms with Crippen molar-refractivity contribution < 1.29 is 42.1 Å². The van der Waals surface area contributed by atoms with E-state index >= 15 is 0 Å². The summed E-state index contributed by atoms with van der Waals surface area (Å²) in [5.41, 5.74) is 0. The molecule has 0 radical (unpaired) electrons. The van der Waals surface area contributed by atoms with Crippen molar-refractivity contribution in [2.24, 2.45) is 0 Å². The average Bonchev–Trinajstić information content (AvgIpc) is 3.36. The summed E-state index contributed by atoms with van der Waals surface area (Å²) in [6, 6.07) is 0. The van der Waals surface area contributed by atoms with Crippen molar-refractivity contribution in [3.8, 4) is 0 Å². The van der Waals surface area contributed by atoms with Gasteiger partial charge in [-0.2, -0.15) is 0 Å². The van der Waals surface area contributed by atoms with Crippen LogP contribution in [-0.4, -0.2) is 74.9 Å². The first-order valence-electron chi connectivity index (χ1n) is 31.7. The molecule has 1 N–H and O–H groups in total. The summed E-state index contributed by atoms with van der Waals surface area (Å²) in [6.45, 7) is 4.47. The molecule has 9 nitrogen and oxygen atoms in total. The van der Waals surface area contributed by atoms with Crippen LogP contribution in [0.1, 0.15) is 309 Å². The Balaban J connectivity index is 4.04. The van der Waals surface area contributed by atoms with Gasteiger partial charge in [0.05, 0.1) is 27.7 Å². The smallest absolute Gasteiger partial charge is 0.462 e. The summed E-state index contributed by atoms with van der Waals surface area (Å²) in [4.78, 5) is 35.7. The van der Waals surface area contributed by atoms with E-state index in [1.54, 1.807) is 0 Å². The van der Waals surface area contributed by atoms with Gasteiger partial charge in [0, 0.05) is 12.8 Å². The Morgan fingerprint density at radius 1 is 0.419 bits per heavy atom. The van der Waals surface area contributed by atoms with Crippen molar-refractivity contribution >= 4 is 19.8 Å². The Labute approximate surface area is 459 Å². The van der Waals surface area contributed by atoms with Crippen LogP contribution in [0.2, 0.25) is 0 Å². The standard InChI is InChI=1S/C64H122NO8P/c1-6-8-10-12-14-16-18-20-22-24-26-27-28-29-30-31-32-33-34-35-36-37-39-41-43-45-47-49-51-53-55-57-64(67)73-62(61-72-74(68,69)71-59-58-65(3,4)5)60-70-63(66)56-54-52-50-48-46-44-42-40-38-25-23-21-19-17-15-13-11-9-7-2/h18,20-21,23-24,26,62H,6-17,19,22,25,27-61H2,1-5H3/p+1/b20-18-,23-21-,26-24-. The van der Waals surface area contributed by atoms with Gasteiger partial charge in [-0.15, -0.1) is 0 Å². The molecule has 0 spiro atoms. The number of rotatable bonds is 59. The fourth-order valence-electron chi connectivity index (χ4n) is 9.22. The van der Waals surface area contributed by atoms with Crippen LogP contribution in [0.5, 0.6) is 0 Å². The van der Waals surface area contributed by atoms with Crippen molar-refractivity contribution in [1.29, 1.82) is 0 Å². The molecule has 0 aromatic heterocycles. The maximum absolute atomic E-state index is 12.8. The summed E-state index contributed by atoms with van der Waals surface area (Å²) in [5, 5.41) is 0. The number of quaternary nitrogens is 1. The summed E-state index contributed by atoms with van der Waals surface area (Å²) in [6.07, 6.45) is 69.4. The van der Waals surface area contributed by atoms with Crippen LogP contribution in [0.25, 0.3) is 0 Å². The predicted molar refractivity (Wildman–Crippen MR) is 317 cm³/mol. The SMILES string of the molecule is CCCCCCC/C=C\C/C=C\CCCCCCCCCCCCCCCCCCCCCC(=O)OC(COC(=O)CCCCCCCCCCC/C=C\CCCCCCCC)COP(=O)(O)OCC[N+](C)(C)C. The third-order valence-electron chi connectivity index (χ3n) is 14.1. The molecule has 436 valence electrons. The van der Waals surface area contributed by atoms with Crippen LogP contribution in [0, 0.1) is 0 Å². The molecule has 10 heteroatoms. The highest BCUT2D eigenvalue weighted by Gasteiger charge is 2.27. The molecule has 2 atom stereocenters. The average molecular weight is 1070 g/mol. The molecule has 0 aromatic rings. The molecule has 2 unspecified atom stereocenters. The van der Waals surface area contributed by atoms with Gasteiger partial charge in [-0.1, -0.05) is 262 Å². The second-order valence-electron chi connectivity index (χ2n) is 22.8. The Kier molecular flexibility index (Phi) is 54.6. The Bertz CT molecular complexity index is 1340. The molecule has 0 aliphatic rings. The molecule has 0 saturated carbocycles. The van der Waals surface area contributed by atoms with Crippen molar-refractivity contribution in [3.63, 3.8) is 0 Å². The molecular formula is C64H123NO8P+. The van der Waals surface area contributed by atoms with Crippen molar-refractivity contribution in [2.45, 2.75) is 315 Å². The minimum absolute atomic E-state index is 0.0334. The molecular weight excluding hydrogens is 942 g/mol. The molecule has 0 amide bonds. The van der Waals surface area contributed by atoms with Gasteiger partial charge in [-0.25, -0.2) is 4.57 Å². The van der Waals surface area contributed by atoms with E-state index in [1.165, 1.54) is 238 Å². The number of carbonyl (C=O) groups excluding carboxylic acids is 2. The van der Waals surface area contributed by atoms with Crippen LogP contribution in [-0.2, 0) is 32.7 Å². The van der Waals surface area contributed by atoms with E-state index in [4.69, 9.17) is 18.5 Å².